The minimum absolute atomic E-state index is 0.354. The molecule has 0 amide bonds. The second-order valence-corrected chi connectivity index (χ2v) is 3.54. The molecule has 1 unspecified atom stereocenters. The second-order valence-electron chi connectivity index (χ2n) is 3.54. The van der Waals surface area contributed by atoms with E-state index in [4.69, 9.17) is 9.15 Å². The fraction of sp³-hybridized carbons (Fsp3) is 0.800. The Kier molecular flexibility index (Phi) is 5.28. The van der Waals surface area contributed by atoms with Crippen LogP contribution < -0.4 is 5.32 Å². The normalized spacial score (nSPS) is 13.0. The number of ether oxygens (including phenoxy) is 1. The molecule has 0 aliphatic heterocycles. The monoisotopic (exact) mass is 213 g/mol. The van der Waals surface area contributed by atoms with Crippen molar-refractivity contribution < 1.29 is 9.15 Å². The lowest BCUT2D eigenvalue weighted by molar-refractivity contribution is 0.160. The first kappa shape index (κ1) is 12.1. The highest BCUT2D eigenvalue weighted by molar-refractivity contribution is 4.79. The summed E-state index contributed by atoms with van der Waals surface area (Å²) in [6, 6.07) is 0.354. The maximum absolute atomic E-state index is 5.26. The third kappa shape index (κ3) is 4.40. The molecule has 0 radical (unpaired) electrons. The van der Waals surface area contributed by atoms with Crippen LogP contribution in [-0.4, -0.2) is 30.0 Å². The maximum atomic E-state index is 5.26. The second kappa shape index (κ2) is 6.53. The molecule has 1 N–H and O–H groups in total. The van der Waals surface area contributed by atoms with E-state index in [0.29, 0.717) is 31.0 Å². The fourth-order valence-corrected chi connectivity index (χ4v) is 1.43. The summed E-state index contributed by atoms with van der Waals surface area (Å²) in [7, 11) is 1.71. The van der Waals surface area contributed by atoms with Crippen molar-refractivity contribution in [3.05, 3.63) is 11.8 Å². The summed E-state index contributed by atoms with van der Waals surface area (Å²) in [5.41, 5.74) is 0. The first-order valence-corrected chi connectivity index (χ1v) is 5.27. The van der Waals surface area contributed by atoms with Crippen LogP contribution in [0.15, 0.2) is 4.42 Å². The van der Waals surface area contributed by atoms with Gasteiger partial charge in [-0.1, -0.05) is 13.3 Å². The average Bonchev–Trinajstić information content (AvgIpc) is 2.61. The Morgan fingerprint density at radius 3 is 2.80 bits per heavy atom. The number of nitrogens with one attached hydrogen (secondary N) is 1. The van der Waals surface area contributed by atoms with E-state index in [-0.39, 0.29) is 0 Å². The minimum atomic E-state index is 0.354. The van der Waals surface area contributed by atoms with Gasteiger partial charge in [-0.3, -0.25) is 0 Å². The molecule has 0 aromatic carbocycles. The van der Waals surface area contributed by atoms with Crippen molar-refractivity contribution in [3.8, 4) is 0 Å². The van der Waals surface area contributed by atoms with Crippen LogP contribution in [0.1, 0.15) is 31.5 Å². The van der Waals surface area contributed by atoms with Gasteiger partial charge in [0.25, 0.3) is 0 Å². The van der Waals surface area contributed by atoms with Gasteiger partial charge in [0, 0.05) is 20.1 Å². The molecule has 0 spiro atoms. The van der Waals surface area contributed by atoms with Crippen LogP contribution in [0.4, 0.5) is 0 Å². The van der Waals surface area contributed by atoms with Gasteiger partial charge in [0.05, 0.1) is 13.2 Å². The first-order chi connectivity index (χ1) is 7.26. The van der Waals surface area contributed by atoms with Crippen molar-refractivity contribution in [2.45, 2.75) is 39.3 Å². The highest BCUT2D eigenvalue weighted by Crippen LogP contribution is 2.01. The van der Waals surface area contributed by atoms with E-state index >= 15 is 0 Å². The number of nitrogens with zero attached hydrogens (tertiary/aromatic N) is 2. The molecule has 1 heterocycles. The zero-order chi connectivity index (χ0) is 11.1. The van der Waals surface area contributed by atoms with E-state index in [1.165, 1.54) is 0 Å². The van der Waals surface area contributed by atoms with Crippen LogP contribution in [0.2, 0.25) is 0 Å². The molecule has 5 heteroatoms. The quantitative estimate of drug-likeness (QED) is 0.739. The van der Waals surface area contributed by atoms with Gasteiger partial charge in [0.15, 0.2) is 0 Å². The Balaban J connectivity index is 2.32. The van der Waals surface area contributed by atoms with Crippen LogP contribution in [0.3, 0.4) is 0 Å². The number of hydrogen-bond donors (Lipinski definition) is 1. The summed E-state index contributed by atoms with van der Waals surface area (Å²) in [5.74, 6) is 1.23. The van der Waals surface area contributed by atoms with Crippen LogP contribution in [0.5, 0.6) is 0 Å². The van der Waals surface area contributed by atoms with Crippen molar-refractivity contribution >= 4 is 0 Å². The summed E-state index contributed by atoms with van der Waals surface area (Å²) in [6.07, 6.45) is 2.21. The molecule has 0 fully saturated rings. The molecule has 1 atom stereocenters. The molecule has 0 aliphatic rings. The molecule has 0 saturated heterocycles. The van der Waals surface area contributed by atoms with Gasteiger partial charge in [-0.25, -0.2) is 0 Å². The Morgan fingerprint density at radius 1 is 1.47 bits per heavy atom. The van der Waals surface area contributed by atoms with Gasteiger partial charge < -0.3 is 14.5 Å². The largest absolute Gasteiger partial charge is 0.424 e. The van der Waals surface area contributed by atoms with Crippen LogP contribution in [0.25, 0.3) is 0 Å². The van der Waals surface area contributed by atoms with Gasteiger partial charge in [0.2, 0.25) is 11.8 Å². The molecular weight excluding hydrogens is 194 g/mol. The molecule has 5 nitrogen and oxygen atoms in total. The lowest BCUT2D eigenvalue weighted by Gasteiger charge is -2.15. The van der Waals surface area contributed by atoms with E-state index in [2.05, 4.69) is 22.4 Å². The number of hydrogen-bond acceptors (Lipinski definition) is 5. The first-order valence-electron chi connectivity index (χ1n) is 5.27. The molecular formula is C10H19N3O2. The molecule has 0 aliphatic carbocycles. The van der Waals surface area contributed by atoms with Crippen molar-refractivity contribution in [3.63, 3.8) is 0 Å². The molecule has 1 aromatic rings. The predicted molar refractivity (Wildman–Crippen MR) is 56.4 cm³/mol. The summed E-state index contributed by atoms with van der Waals surface area (Å²) in [4.78, 5) is 0. The van der Waals surface area contributed by atoms with Crippen molar-refractivity contribution in [1.82, 2.24) is 15.5 Å². The van der Waals surface area contributed by atoms with Gasteiger partial charge in [0.1, 0.15) is 0 Å². The van der Waals surface area contributed by atoms with Crippen molar-refractivity contribution in [1.29, 1.82) is 0 Å². The molecule has 0 saturated carbocycles. The lowest BCUT2D eigenvalue weighted by atomic mass is 10.2. The van der Waals surface area contributed by atoms with E-state index < -0.39 is 0 Å². The van der Waals surface area contributed by atoms with Gasteiger partial charge in [-0.2, -0.15) is 0 Å². The van der Waals surface area contributed by atoms with Gasteiger partial charge in [-0.15, -0.1) is 10.2 Å². The van der Waals surface area contributed by atoms with E-state index in [9.17, 15) is 0 Å². The fourth-order valence-electron chi connectivity index (χ4n) is 1.43. The molecule has 1 aromatic heterocycles. The number of methoxy groups -OCH3 is 1. The molecule has 15 heavy (non-hydrogen) atoms. The number of aryl methyl sites for hydroxylation is 1. The Hall–Kier alpha value is -0.940. The summed E-state index contributed by atoms with van der Waals surface area (Å²) >= 11 is 0. The highest BCUT2D eigenvalue weighted by atomic mass is 16.5. The highest BCUT2D eigenvalue weighted by Gasteiger charge is 2.08. The smallest absolute Gasteiger partial charge is 0.230 e. The lowest BCUT2D eigenvalue weighted by Crippen LogP contribution is -2.32. The van der Waals surface area contributed by atoms with Crippen molar-refractivity contribution in [2.24, 2.45) is 0 Å². The van der Waals surface area contributed by atoms with Crippen molar-refractivity contribution in [2.75, 3.05) is 13.7 Å². The summed E-state index contributed by atoms with van der Waals surface area (Å²) < 4.78 is 10.4. The SMILES string of the molecule is CCCC(COC)NCc1nnc(C)o1. The minimum Gasteiger partial charge on any atom is -0.424 e. The summed E-state index contributed by atoms with van der Waals surface area (Å²) in [5, 5.41) is 11.0. The third-order valence-electron chi connectivity index (χ3n) is 2.11. The molecule has 1 rings (SSSR count). The predicted octanol–water partition coefficient (Wildman–Crippen LogP) is 1.28. The van der Waals surface area contributed by atoms with E-state index in [0.717, 1.165) is 12.8 Å². The average molecular weight is 213 g/mol. The molecule has 86 valence electrons. The number of aromatic nitrogens is 2. The van der Waals surface area contributed by atoms with Gasteiger partial charge >= 0.3 is 0 Å². The van der Waals surface area contributed by atoms with E-state index in [1.54, 1.807) is 14.0 Å². The Labute approximate surface area is 90.2 Å². The maximum Gasteiger partial charge on any atom is 0.230 e. The van der Waals surface area contributed by atoms with Gasteiger partial charge in [-0.05, 0) is 6.42 Å². The standard InChI is InChI=1S/C10H19N3O2/c1-4-5-9(7-14-3)11-6-10-13-12-8(2)15-10/h9,11H,4-7H2,1-3H3. The van der Waals surface area contributed by atoms with Crippen LogP contribution >= 0.6 is 0 Å². The van der Waals surface area contributed by atoms with Crippen LogP contribution in [-0.2, 0) is 11.3 Å². The molecule has 0 bridgehead atoms. The van der Waals surface area contributed by atoms with E-state index in [1.807, 2.05) is 0 Å². The Morgan fingerprint density at radius 2 is 2.27 bits per heavy atom. The number of rotatable bonds is 7. The Bertz CT molecular complexity index is 269. The zero-order valence-electron chi connectivity index (χ0n) is 9.62. The van der Waals surface area contributed by atoms with Crippen LogP contribution in [0, 0.1) is 6.92 Å². The topological polar surface area (TPSA) is 60.2 Å². The summed E-state index contributed by atoms with van der Waals surface area (Å²) in [6.45, 7) is 5.26. The zero-order valence-corrected chi connectivity index (χ0v) is 9.62. The third-order valence-corrected chi connectivity index (χ3v) is 2.11.